The van der Waals surface area contributed by atoms with Gasteiger partial charge in [-0.05, 0) is 43.3 Å². The largest absolute Gasteiger partial charge is 0.495 e. The van der Waals surface area contributed by atoms with Gasteiger partial charge in [0.1, 0.15) is 5.75 Å². The van der Waals surface area contributed by atoms with E-state index >= 15 is 0 Å². The Hall–Kier alpha value is -2.49. The number of carbonyl (C=O) groups excluding carboxylic acids is 1. The Morgan fingerprint density at radius 3 is 2.45 bits per heavy atom. The second-order valence-corrected chi connectivity index (χ2v) is 4.26. The first kappa shape index (κ1) is 13.9. The molecule has 0 spiro atoms. The van der Waals surface area contributed by atoms with Crippen LogP contribution in [0.5, 0.6) is 5.75 Å². The lowest BCUT2D eigenvalue weighted by molar-refractivity contribution is 0.102. The molecule has 0 bridgehead atoms. The number of rotatable bonds is 5. The van der Waals surface area contributed by atoms with Crippen LogP contribution in [-0.4, -0.2) is 19.6 Å². The van der Waals surface area contributed by atoms with Crippen molar-refractivity contribution >= 4 is 17.3 Å². The van der Waals surface area contributed by atoms with Gasteiger partial charge >= 0.3 is 0 Å². The molecule has 4 heteroatoms. The number of amides is 1. The van der Waals surface area contributed by atoms with Crippen LogP contribution in [-0.2, 0) is 0 Å². The normalized spacial score (nSPS) is 9.90. The third-order valence-corrected chi connectivity index (χ3v) is 2.88. The lowest BCUT2D eigenvalue weighted by Crippen LogP contribution is -2.12. The molecule has 2 N–H and O–H groups in total. The molecule has 0 radical (unpaired) electrons. The first-order chi connectivity index (χ1) is 9.74. The van der Waals surface area contributed by atoms with Crippen LogP contribution >= 0.6 is 0 Å². The molecule has 0 aromatic heterocycles. The van der Waals surface area contributed by atoms with E-state index in [2.05, 4.69) is 10.6 Å². The Morgan fingerprint density at radius 1 is 1.10 bits per heavy atom. The topological polar surface area (TPSA) is 50.4 Å². The van der Waals surface area contributed by atoms with E-state index in [1.165, 1.54) is 0 Å². The van der Waals surface area contributed by atoms with Gasteiger partial charge < -0.3 is 15.4 Å². The van der Waals surface area contributed by atoms with Gasteiger partial charge in [0.15, 0.2) is 0 Å². The highest BCUT2D eigenvalue weighted by atomic mass is 16.5. The summed E-state index contributed by atoms with van der Waals surface area (Å²) >= 11 is 0. The van der Waals surface area contributed by atoms with Gasteiger partial charge in [-0.3, -0.25) is 4.79 Å². The minimum Gasteiger partial charge on any atom is -0.495 e. The minimum atomic E-state index is -0.155. The summed E-state index contributed by atoms with van der Waals surface area (Å²) in [5.41, 5.74) is 2.27. The van der Waals surface area contributed by atoms with Crippen molar-refractivity contribution < 1.29 is 9.53 Å². The van der Waals surface area contributed by atoms with Crippen molar-refractivity contribution in [3.05, 3.63) is 54.1 Å². The summed E-state index contributed by atoms with van der Waals surface area (Å²) in [6.45, 7) is 2.88. The molecule has 20 heavy (non-hydrogen) atoms. The lowest BCUT2D eigenvalue weighted by atomic mass is 10.2. The Kier molecular flexibility index (Phi) is 4.60. The molecule has 0 aliphatic heterocycles. The molecule has 2 aromatic carbocycles. The Labute approximate surface area is 118 Å². The second kappa shape index (κ2) is 6.61. The van der Waals surface area contributed by atoms with Gasteiger partial charge in [-0.15, -0.1) is 0 Å². The summed E-state index contributed by atoms with van der Waals surface area (Å²) < 4.78 is 5.21. The van der Waals surface area contributed by atoms with Gasteiger partial charge in [-0.1, -0.05) is 12.1 Å². The lowest BCUT2D eigenvalue weighted by Gasteiger charge is -2.10. The highest BCUT2D eigenvalue weighted by molar-refractivity contribution is 6.05. The van der Waals surface area contributed by atoms with Crippen LogP contribution in [0, 0.1) is 0 Å². The molecule has 2 rings (SSSR count). The molecule has 0 atom stereocenters. The van der Waals surface area contributed by atoms with Crippen LogP contribution in [0.4, 0.5) is 11.4 Å². The minimum absolute atomic E-state index is 0.155. The molecule has 0 saturated carbocycles. The van der Waals surface area contributed by atoms with Crippen molar-refractivity contribution in [2.24, 2.45) is 0 Å². The van der Waals surface area contributed by atoms with E-state index in [4.69, 9.17) is 4.74 Å². The number of hydrogen-bond donors (Lipinski definition) is 2. The number of hydrogen-bond acceptors (Lipinski definition) is 3. The third kappa shape index (κ3) is 3.29. The summed E-state index contributed by atoms with van der Waals surface area (Å²) in [7, 11) is 1.58. The van der Waals surface area contributed by atoms with E-state index < -0.39 is 0 Å². The van der Waals surface area contributed by atoms with Gasteiger partial charge in [-0.25, -0.2) is 0 Å². The summed E-state index contributed by atoms with van der Waals surface area (Å²) in [6, 6.07) is 14.7. The first-order valence-electron chi connectivity index (χ1n) is 6.53. The van der Waals surface area contributed by atoms with Crippen molar-refractivity contribution in [3.63, 3.8) is 0 Å². The van der Waals surface area contributed by atoms with E-state index in [1.54, 1.807) is 19.2 Å². The SMILES string of the molecule is CCNc1ccc(C(=O)Nc2ccccc2OC)cc1. The number of anilines is 2. The number of carbonyl (C=O) groups is 1. The number of methoxy groups -OCH3 is 1. The van der Waals surface area contributed by atoms with Crippen LogP contribution in [0.3, 0.4) is 0 Å². The maximum atomic E-state index is 12.2. The van der Waals surface area contributed by atoms with Crippen LogP contribution < -0.4 is 15.4 Å². The summed E-state index contributed by atoms with van der Waals surface area (Å²) in [5, 5.41) is 6.03. The Morgan fingerprint density at radius 2 is 1.80 bits per heavy atom. The fourth-order valence-corrected chi connectivity index (χ4v) is 1.89. The van der Waals surface area contributed by atoms with Crippen LogP contribution in [0.25, 0.3) is 0 Å². The number of nitrogens with one attached hydrogen (secondary N) is 2. The predicted molar refractivity (Wildman–Crippen MR) is 81.6 cm³/mol. The van der Waals surface area contributed by atoms with Gasteiger partial charge in [0.25, 0.3) is 5.91 Å². The fraction of sp³-hybridized carbons (Fsp3) is 0.188. The number of ether oxygens (including phenoxy) is 1. The molecular weight excluding hydrogens is 252 g/mol. The van der Waals surface area contributed by atoms with Gasteiger partial charge in [0.2, 0.25) is 0 Å². The van der Waals surface area contributed by atoms with Crippen molar-refractivity contribution in [2.75, 3.05) is 24.3 Å². The van der Waals surface area contributed by atoms with E-state index in [-0.39, 0.29) is 5.91 Å². The van der Waals surface area contributed by atoms with E-state index in [9.17, 15) is 4.79 Å². The Balaban J connectivity index is 2.11. The molecule has 0 aliphatic rings. The zero-order valence-electron chi connectivity index (χ0n) is 11.6. The molecule has 2 aromatic rings. The molecule has 0 aliphatic carbocycles. The standard InChI is InChI=1S/C16H18N2O2/c1-3-17-13-10-8-12(9-11-13)16(19)18-14-6-4-5-7-15(14)20-2/h4-11,17H,3H2,1-2H3,(H,18,19). The molecule has 0 unspecified atom stereocenters. The van der Waals surface area contributed by atoms with Crippen LogP contribution in [0.15, 0.2) is 48.5 Å². The zero-order chi connectivity index (χ0) is 14.4. The highest BCUT2D eigenvalue weighted by Crippen LogP contribution is 2.23. The van der Waals surface area contributed by atoms with E-state index in [1.807, 2.05) is 43.3 Å². The third-order valence-electron chi connectivity index (χ3n) is 2.88. The summed E-state index contributed by atoms with van der Waals surface area (Å²) in [4.78, 5) is 12.2. The molecular formula is C16H18N2O2. The molecule has 0 saturated heterocycles. The van der Waals surface area contributed by atoms with E-state index in [0.29, 0.717) is 17.0 Å². The molecule has 4 nitrogen and oxygen atoms in total. The average molecular weight is 270 g/mol. The van der Waals surface area contributed by atoms with Gasteiger partial charge in [-0.2, -0.15) is 0 Å². The number of para-hydroxylation sites is 2. The van der Waals surface area contributed by atoms with Crippen LogP contribution in [0.2, 0.25) is 0 Å². The van der Waals surface area contributed by atoms with Crippen molar-refractivity contribution in [1.29, 1.82) is 0 Å². The average Bonchev–Trinajstić information content (AvgIpc) is 2.49. The molecule has 0 heterocycles. The van der Waals surface area contributed by atoms with E-state index in [0.717, 1.165) is 12.2 Å². The quantitative estimate of drug-likeness (QED) is 0.875. The maximum absolute atomic E-state index is 12.2. The van der Waals surface area contributed by atoms with Crippen LogP contribution in [0.1, 0.15) is 17.3 Å². The summed E-state index contributed by atoms with van der Waals surface area (Å²) in [5.74, 6) is 0.489. The predicted octanol–water partition coefficient (Wildman–Crippen LogP) is 3.38. The first-order valence-corrected chi connectivity index (χ1v) is 6.53. The monoisotopic (exact) mass is 270 g/mol. The fourth-order valence-electron chi connectivity index (χ4n) is 1.89. The highest BCUT2D eigenvalue weighted by Gasteiger charge is 2.08. The van der Waals surface area contributed by atoms with Gasteiger partial charge in [0, 0.05) is 17.8 Å². The van der Waals surface area contributed by atoms with Crippen molar-refractivity contribution in [3.8, 4) is 5.75 Å². The smallest absolute Gasteiger partial charge is 0.255 e. The molecule has 104 valence electrons. The summed E-state index contributed by atoms with van der Waals surface area (Å²) in [6.07, 6.45) is 0. The second-order valence-electron chi connectivity index (χ2n) is 4.26. The Bertz CT molecular complexity index is 579. The van der Waals surface area contributed by atoms with Crippen molar-refractivity contribution in [1.82, 2.24) is 0 Å². The van der Waals surface area contributed by atoms with Gasteiger partial charge in [0.05, 0.1) is 12.8 Å². The zero-order valence-corrected chi connectivity index (χ0v) is 11.6. The van der Waals surface area contributed by atoms with Crippen molar-refractivity contribution in [2.45, 2.75) is 6.92 Å². The molecule has 0 fully saturated rings. The molecule has 1 amide bonds. The maximum Gasteiger partial charge on any atom is 0.255 e. The number of benzene rings is 2.